The Hall–Kier alpha value is -2.63. The van der Waals surface area contributed by atoms with E-state index in [1.54, 1.807) is 20.8 Å². The van der Waals surface area contributed by atoms with Crippen molar-refractivity contribution < 1.29 is 23.6 Å². The zero-order chi connectivity index (χ0) is 17.7. The molecular weight excluding hydrogens is 308 g/mol. The van der Waals surface area contributed by atoms with Gasteiger partial charge in [-0.25, -0.2) is 9.59 Å². The highest BCUT2D eigenvalue weighted by Crippen LogP contribution is 2.21. The number of pyridine rings is 1. The van der Waals surface area contributed by atoms with Crippen LogP contribution in [0.1, 0.15) is 51.6 Å². The molecule has 0 aromatic carbocycles. The Morgan fingerprint density at radius 3 is 2.38 bits per heavy atom. The van der Waals surface area contributed by atoms with Crippen LogP contribution in [0.5, 0.6) is 0 Å². The Kier molecular flexibility index (Phi) is 5.73. The minimum absolute atomic E-state index is 0.272. The lowest BCUT2D eigenvalue weighted by atomic mass is 10.1. The van der Waals surface area contributed by atoms with Crippen molar-refractivity contribution in [3.8, 4) is 0 Å². The van der Waals surface area contributed by atoms with Gasteiger partial charge in [0.2, 0.25) is 0 Å². The lowest BCUT2D eigenvalue weighted by Crippen LogP contribution is -2.37. The fourth-order valence-electron chi connectivity index (χ4n) is 2.57. The molecule has 0 aliphatic heterocycles. The molecule has 0 saturated carbocycles. The van der Waals surface area contributed by atoms with Gasteiger partial charge in [0.15, 0.2) is 18.4 Å². The van der Waals surface area contributed by atoms with Gasteiger partial charge in [-0.05, 0) is 26.3 Å². The monoisotopic (exact) mass is 331 g/mol. The molecule has 2 aromatic heterocycles. The number of aromatic nitrogens is 2. The van der Waals surface area contributed by atoms with Gasteiger partial charge in [-0.2, -0.15) is 4.57 Å². The number of carbonyl (C=O) groups excluding carboxylic acids is 2. The van der Waals surface area contributed by atoms with E-state index < -0.39 is 11.9 Å². The number of nitrogens with one attached hydrogen (secondary N) is 1. The molecule has 0 unspecified atom stereocenters. The fourth-order valence-corrected chi connectivity index (χ4v) is 2.57. The third-order valence-corrected chi connectivity index (χ3v) is 3.78. The van der Waals surface area contributed by atoms with Gasteiger partial charge in [-0.3, -0.25) is 0 Å². The smallest absolute Gasteiger partial charge is 0.355 e. The van der Waals surface area contributed by atoms with Crippen LogP contribution in [0, 0.1) is 13.8 Å². The third kappa shape index (κ3) is 3.64. The van der Waals surface area contributed by atoms with E-state index in [1.807, 2.05) is 35.9 Å². The Labute approximate surface area is 141 Å². The van der Waals surface area contributed by atoms with Crippen molar-refractivity contribution in [3.05, 3.63) is 52.6 Å². The molecule has 6 nitrogen and oxygen atoms in total. The first-order valence-electron chi connectivity index (χ1n) is 8.00. The normalized spacial score (nSPS) is 10.5. The first-order chi connectivity index (χ1) is 11.5. The summed E-state index contributed by atoms with van der Waals surface area (Å²) in [6, 6.07) is 5.84. The Morgan fingerprint density at radius 2 is 1.75 bits per heavy atom. The second kappa shape index (κ2) is 7.77. The van der Waals surface area contributed by atoms with Gasteiger partial charge in [0.25, 0.3) is 0 Å². The van der Waals surface area contributed by atoms with E-state index in [9.17, 15) is 9.59 Å². The van der Waals surface area contributed by atoms with Crippen LogP contribution in [-0.4, -0.2) is 30.1 Å². The van der Waals surface area contributed by atoms with Crippen LogP contribution < -0.4 is 4.57 Å². The molecule has 0 radical (unpaired) electrons. The average Bonchev–Trinajstić information content (AvgIpc) is 2.86. The number of aryl methyl sites for hydroxylation is 1. The SMILES string of the molecule is CCOC(=O)c1[nH]c(C[n+]2ccccc2C)c(C(=O)OCC)c1C. The van der Waals surface area contributed by atoms with Crippen molar-refractivity contribution in [2.24, 2.45) is 0 Å². The Bertz CT molecular complexity index is 749. The van der Waals surface area contributed by atoms with E-state index in [0.717, 1.165) is 5.69 Å². The summed E-state index contributed by atoms with van der Waals surface area (Å²) < 4.78 is 12.2. The van der Waals surface area contributed by atoms with Gasteiger partial charge in [0.1, 0.15) is 5.69 Å². The van der Waals surface area contributed by atoms with E-state index in [0.29, 0.717) is 29.1 Å². The first kappa shape index (κ1) is 17.7. The van der Waals surface area contributed by atoms with Crippen molar-refractivity contribution in [1.82, 2.24) is 4.98 Å². The number of nitrogens with zero attached hydrogens (tertiary/aromatic N) is 1. The quantitative estimate of drug-likeness (QED) is 0.651. The van der Waals surface area contributed by atoms with Gasteiger partial charge in [-0.15, -0.1) is 0 Å². The van der Waals surface area contributed by atoms with Gasteiger partial charge in [-0.1, -0.05) is 6.07 Å². The van der Waals surface area contributed by atoms with Crippen LogP contribution in [0.4, 0.5) is 0 Å². The predicted octanol–water partition coefficient (Wildman–Crippen LogP) is 2.32. The highest BCUT2D eigenvalue weighted by atomic mass is 16.5. The van der Waals surface area contributed by atoms with Crippen LogP contribution in [0.15, 0.2) is 24.4 Å². The van der Waals surface area contributed by atoms with Gasteiger partial charge < -0.3 is 14.5 Å². The van der Waals surface area contributed by atoms with Crippen molar-refractivity contribution in [2.45, 2.75) is 34.2 Å². The Balaban J connectivity index is 2.48. The zero-order valence-corrected chi connectivity index (χ0v) is 14.5. The topological polar surface area (TPSA) is 72.3 Å². The zero-order valence-electron chi connectivity index (χ0n) is 14.5. The number of aromatic amines is 1. The molecule has 0 atom stereocenters. The summed E-state index contributed by atoms with van der Waals surface area (Å²) in [7, 11) is 0. The molecule has 2 heterocycles. The lowest BCUT2D eigenvalue weighted by molar-refractivity contribution is -0.694. The highest BCUT2D eigenvalue weighted by molar-refractivity contribution is 5.98. The second-order valence-corrected chi connectivity index (χ2v) is 5.39. The number of hydrogen-bond donors (Lipinski definition) is 1. The minimum atomic E-state index is -0.471. The molecule has 0 saturated heterocycles. The van der Waals surface area contributed by atoms with Crippen molar-refractivity contribution in [2.75, 3.05) is 13.2 Å². The molecule has 0 aliphatic carbocycles. The second-order valence-electron chi connectivity index (χ2n) is 5.39. The molecule has 2 aromatic rings. The van der Waals surface area contributed by atoms with Crippen LogP contribution in [-0.2, 0) is 16.0 Å². The first-order valence-corrected chi connectivity index (χ1v) is 8.00. The number of esters is 2. The summed E-state index contributed by atoms with van der Waals surface area (Å²) in [5.74, 6) is -0.910. The van der Waals surface area contributed by atoms with Gasteiger partial charge >= 0.3 is 11.9 Å². The summed E-state index contributed by atoms with van der Waals surface area (Å²) in [6.45, 7) is 8.17. The molecule has 2 rings (SSSR count). The van der Waals surface area contributed by atoms with E-state index in [1.165, 1.54) is 0 Å². The van der Waals surface area contributed by atoms with Crippen molar-refractivity contribution in [1.29, 1.82) is 0 Å². The van der Waals surface area contributed by atoms with E-state index in [4.69, 9.17) is 9.47 Å². The average molecular weight is 331 g/mol. The number of ether oxygens (including phenoxy) is 2. The van der Waals surface area contributed by atoms with E-state index in [-0.39, 0.29) is 13.2 Å². The maximum atomic E-state index is 12.4. The minimum Gasteiger partial charge on any atom is -0.462 e. The molecule has 0 spiro atoms. The summed E-state index contributed by atoms with van der Waals surface area (Å²) in [5.41, 5.74) is 2.92. The van der Waals surface area contributed by atoms with Gasteiger partial charge in [0.05, 0.1) is 24.5 Å². The maximum Gasteiger partial charge on any atom is 0.355 e. The fraction of sp³-hybridized carbons (Fsp3) is 0.389. The molecule has 0 aliphatic rings. The summed E-state index contributed by atoms with van der Waals surface area (Å²) >= 11 is 0. The van der Waals surface area contributed by atoms with Crippen molar-refractivity contribution >= 4 is 11.9 Å². The molecule has 1 N–H and O–H groups in total. The summed E-state index contributed by atoms with van der Waals surface area (Å²) in [6.07, 6.45) is 1.92. The predicted molar refractivity (Wildman–Crippen MR) is 87.9 cm³/mol. The number of H-pyrrole nitrogens is 1. The molecular formula is C18H23N2O4+. The number of hydrogen-bond acceptors (Lipinski definition) is 4. The molecule has 24 heavy (non-hydrogen) atoms. The van der Waals surface area contributed by atoms with Gasteiger partial charge in [0, 0.05) is 19.1 Å². The molecule has 128 valence electrons. The standard InChI is InChI=1S/C18H22N2O4/c1-5-23-17(21)15-13(4)16(18(22)24-6-2)19-14(15)11-20-10-8-7-9-12(20)3/h7-10H,5-6,11H2,1-4H3/p+1. The molecule has 0 amide bonds. The largest absolute Gasteiger partial charge is 0.462 e. The molecule has 6 heteroatoms. The van der Waals surface area contributed by atoms with Crippen LogP contribution in [0.3, 0.4) is 0 Å². The maximum absolute atomic E-state index is 12.4. The highest BCUT2D eigenvalue weighted by Gasteiger charge is 2.27. The van der Waals surface area contributed by atoms with E-state index >= 15 is 0 Å². The third-order valence-electron chi connectivity index (χ3n) is 3.78. The number of carbonyl (C=O) groups is 2. The van der Waals surface area contributed by atoms with Crippen molar-refractivity contribution in [3.63, 3.8) is 0 Å². The Morgan fingerprint density at radius 1 is 1.08 bits per heavy atom. The molecule has 0 bridgehead atoms. The summed E-state index contributed by atoms with van der Waals surface area (Å²) in [5, 5.41) is 0. The van der Waals surface area contributed by atoms with Crippen LogP contribution in [0.2, 0.25) is 0 Å². The summed E-state index contributed by atoms with van der Waals surface area (Å²) in [4.78, 5) is 27.5. The van der Waals surface area contributed by atoms with Crippen LogP contribution in [0.25, 0.3) is 0 Å². The van der Waals surface area contributed by atoms with Crippen LogP contribution >= 0.6 is 0 Å². The van der Waals surface area contributed by atoms with E-state index in [2.05, 4.69) is 4.98 Å². The number of rotatable bonds is 6. The lowest BCUT2D eigenvalue weighted by Gasteiger charge is -2.04. The molecule has 0 fully saturated rings.